The fourth-order valence-corrected chi connectivity index (χ4v) is 4.48. The molecule has 2 aromatic heterocycles. The van der Waals surface area contributed by atoms with Crippen LogP contribution >= 0.6 is 0 Å². The Morgan fingerprint density at radius 2 is 2.06 bits per heavy atom. The third kappa shape index (κ3) is 4.35. The monoisotopic (exact) mass is 424 g/mol. The number of anilines is 1. The molecule has 31 heavy (non-hydrogen) atoms. The van der Waals surface area contributed by atoms with Crippen LogP contribution in [0.4, 0.5) is 5.82 Å². The number of hydrogen-bond acceptors (Lipinski definition) is 6. The Morgan fingerprint density at radius 1 is 1.26 bits per heavy atom. The topological polar surface area (TPSA) is 85.4 Å². The maximum atomic E-state index is 13.4. The second kappa shape index (κ2) is 8.78. The van der Waals surface area contributed by atoms with Crippen LogP contribution < -0.4 is 10.5 Å². The van der Waals surface area contributed by atoms with E-state index in [1.165, 1.54) is 0 Å². The molecule has 166 valence electrons. The maximum Gasteiger partial charge on any atom is 0.255 e. The Bertz CT molecular complexity index is 1020. The van der Waals surface area contributed by atoms with E-state index in [-0.39, 0.29) is 17.5 Å². The molecule has 1 N–H and O–H groups in total. The van der Waals surface area contributed by atoms with Crippen LogP contribution in [0.1, 0.15) is 66.6 Å². The number of pyridine rings is 1. The van der Waals surface area contributed by atoms with E-state index in [0.29, 0.717) is 30.5 Å². The summed E-state index contributed by atoms with van der Waals surface area (Å²) in [6.07, 6.45) is 5.20. The van der Waals surface area contributed by atoms with Crippen molar-refractivity contribution in [1.82, 2.24) is 24.8 Å². The van der Waals surface area contributed by atoms with E-state index in [1.807, 2.05) is 30.0 Å². The van der Waals surface area contributed by atoms with E-state index in [2.05, 4.69) is 28.7 Å². The molecule has 0 aromatic carbocycles. The van der Waals surface area contributed by atoms with E-state index in [4.69, 9.17) is 4.98 Å². The lowest BCUT2D eigenvalue weighted by Crippen LogP contribution is -2.42. The number of aromatic nitrogens is 3. The summed E-state index contributed by atoms with van der Waals surface area (Å²) in [6, 6.07) is 3.76. The molecule has 8 nitrogen and oxygen atoms in total. The molecule has 1 fully saturated rings. The highest BCUT2D eigenvalue weighted by Gasteiger charge is 2.32. The molecule has 1 saturated heterocycles. The Balaban J connectivity index is 1.64. The first-order chi connectivity index (χ1) is 14.8. The molecule has 0 radical (unpaired) electrons. The number of carbonyl (C=O) groups is 1. The normalized spacial score (nSPS) is 19.4. The SMILES string of the molecule is CC(C)N1CCc2nc([C@H]3CCCCN3C(=O)c3ccnc(N(C)C)c3)[nH]c(=O)c2C1. The molecule has 0 unspecified atom stereocenters. The van der Waals surface area contributed by atoms with Crippen molar-refractivity contribution in [3.8, 4) is 0 Å². The van der Waals surface area contributed by atoms with Gasteiger partial charge in [0.2, 0.25) is 0 Å². The molecule has 0 spiro atoms. The second-order valence-electron chi connectivity index (χ2n) is 9.00. The van der Waals surface area contributed by atoms with Crippen molar-refractivity contribution in [2.45, 2.75) is 58.2 Å². The summed E-state index contributed by atoms with van der Waals surface area (Å²) in [7, 11) is 3.81. The number of aromatic amines is 1. The van der Waals surface area contributed by atoms with Crippen LogP contribution in [0.2, 0.25) is 0 Å². The summed E-state index contributed by atoms with van der Waals surface area (Å²) in [4.78, 5) is 44.6. The van der Waals surface area contributed by atoms with Crippen molar-refractivity contribution in [3.63, 3.8) is 0 Å². The zero-order valence-electron chi connectivity index (χ0n) is 18.9. The molecular weight excluding hydrogens is 392 g/mol. The standard InChI is InChI=1S/C23H32N6O2/c1-15(2)28-12-9-18-17(14-28)22(30)26-21(25-18)19-7-5-6-11-29(19)23(31)16-8-10-24-20(13-16)27(3)4/h8,10,13,15,19H,5-7,9,11-12,14H2,1-4H3,(H,25,26,30)/t19-/m1/s1. The minimum atomic E-state index is -0.210. The molecule has 0 aliphatic carbocycles. The fourth-order valence-electron chi connectivity index (χ4n) is 4.48. The fraction of sp³-hybridized carbons (Fsp3) is 0.565. The third-order valence-corrected chi connectivity index (χ3v) is 6.38. The lowest BCUT2D eigenvalue weighted by Gasteiger charge is -2.36. The Hall–Kier alpha value is -2.74. The van der Waals surface area contributed by atoms with Crippen molar-refractivity contribution in [1.29, 1.82) is 0 Å². The number of piperidine rings is 1. The van der Waals surface area contributed by atoms with Gasteiger partial charge in [0.1, 0.15) is 11.6 Å². The largest absolute Gasteiger partial charge is 0.363 e. The number of hydrogen-bond donors (Lipinski definition) is 1. The summed E-state index contributed by atoms with van der Waals surface area (Å²) in [5.74, 6) is 1.33. The number of likely N-dealkylation sites (tertiary alicyclic amines) is 1. The van der Waals surface area contributed by atoms with Crippen LogP contribution in [0.5, 0.6) is 0 Å². The molecule has 0 bridgehead atoms. The van der Waals surface area contributed by atoms with Crippen LogP contribution in [0, 0.1) is 0 Å². The van der Waals surface area contributed by atoms with Gasteiger partial charge < -0.3 is 14.8 Å². The van der Waals surface area contributed by atoms with Crippen LogP contribution in [-0.4, -0.2) is 63.9 Å². The summed E-state index contributed by atoms with van der Waals surface area (Å²) >= 11 is 0. The average molecular weight is 425 g/mol. The molecule has 2 aliphatic rings. The van der Waals surface area contributed by atoms with E-state index in [9.17, 15) is 9.59 Å². The Labute approximate surface area is 183 Å². The summed E-state index contributed by atoms with van der Waals surface area (Å²) < 4.78 is 0. The lowest BCUT2D eigenvalue weighted by atomic mass is 9.99. The van der Waals surface area contributed by atoms with Crippen LogP contribution in [0.25, 0.3) is 0 Å². The third-order valence-electron chi connectivity index (χ3n) is 6.38. The van der Waals surface area contributed by atoms with Gasteiger partial charge in [-0.05, 0) is 45.2 Å². The van der Waals surface area contributed by atoms with Crippen molar-refractivity contribution < 1.29 is 4.79 Å². The molecule has 1 amide bonds. The minimum absolute atomic E-state index is 0.0402. The molecule has 2 aliphatic heterocycles. The van der Waals surface area contributed by atoms with Gasteiger partial charge in [-0.1, -0.05) is 0 Å². The number of nitrogens with zero attached hydrogens (tertiary/aromatic N) is 5. The van der Waals surface area contributed by atoms with Gasteiger partial charge in [-0.2, -0.15) is 0 Å². The molecule has 4 rings (SSSR count). The maximum absolute atomic E-state index is 13.4. The molecule has 2 aromatic rings. The van der Waals surface area contributed by atoms with Crippen molar-refractivity contribution in [2.24, 2.45) is 0 Å². The van der Waals surface area contributed by atoms with Crippen LogP contribution in [-0.2, 0) is 13.0 Å². The van der Waals surface area contributed by atoms with Gasteiger partial charge in [-0.15, -0.1) is 0 Å². The first kappa shape index (κ1) is 21.5. The highest BCUT2D eigenvalue weighted by atomic mass is 16.2. The van der Waals surface area contributed by atoms with Gasteiger partial charge in [0.05, 0.1) is 17.3 Å². The van der Waals surface area contributed by atoms with E-state index in [1.54, 1.807) is 12.3 Å². The Kier molecular flexibility index (Phi) is 6.09. The summed E-state index contributed by atoms with van der Waals surface area (Å²) in [6.45, 7) is 6.48. The van der Waals surface area contributed by atoms with Gasteiger partial charge in [0.25, 0.3) is 11.5 Å². The number of rotatable bonds is 4. The molecule has 4 heterocycles. The molecular formula is C23H32N6O2. The zero-order valence-corrected chi connectivity index (χ0v) is 18.9. The van der Waals surface area contributed by atoms with Gasteiger partial charge in [-0.3, -0.25) is 14.5 Å². The highest BCUT2D eigenvalue weighted by molar-refractivity contribution is 5.95. The molecule has 1 atom stereocenters. The first-order valence-corrected chi connectivity index (χ1v) is 11.2. The second-order valence-corrected chi connectivity index (χ2v) is 9.00. The average Bonchev–Trinajstić information content (AvgIpc) is 2.78. The van der Waals surface area contributed by atoms with Crippen LogP contribution in [0.15, 0.2) is 23.1 Å². The van der Waals surface area contributed by atoms with Crippen molar-refractivity contribution in [3.05, 3.63) is 51.3 Å². The predicted molar refractivity (Wildman–Crippen MR) is 120 cm³/mol. The number of carbonyl (C=O) groups excluding carboxylic acids is 1. The minimum Gasteiger partial charge on any atom is -0.363 e. The van der Waals surface area contributed by atoms with E-state index >= 15 is 0 Å². The van der Waals surface area contributed by atoms with E-state index in [0.717, 1.165) is 49.3 Å². The van der Waals surface area contributed by atoms with Crippen molar-refractivity contribution >= 4 is 11.7 Å². The summed E-state index contributed by atoms with van der Waals surface area (Å²) in [5, 5.41) is 0. The van der Waals surface area contributed by atoms with Crippen LogP contribution in [0.3, 0.4) is 0 Å². The molecule has 8 heteroatoms. The van der Waals surface area contributed by atoms with Gasteiger partial charge >= 0.3 is 0 Å². The van der Waals surface area contributed by atoms with Crippen molar-refractivity contribution in [2.75, 3.05) is 32.1 Å². The summed E-state index contributed by atoms with van der Waals surface area (Å²) in [5.41, 5.74) is 2.19. The number of H-pyrrole nitrogens is 1. The van der Waals surface area contributed by atoms with Gasteiger partial charge in [-0.25, -0.2) is 9.97 Å². The zero-order chi connectivity index (χ0) is 22.1. The highest BCUT2D eigenvalue weighted by Crippen LogP contribution is 2.31. The predicted octanol–water partition coefficient (Wildman–Crippen LogP) is 2.36. The first-order valence-electron chi connectivity index (χ1n) is 11.2. The Morgan fingerprint density at radius 3 is 2.81 bits per heavy atom. The van der Waals surface area contributed by atoms with Gasteiger partial charge in [0.15, 0.2) is 0 Å². The lowest BCUT2D eigenvalue weighted by molar-refractivity contribution is 0.0598. The van der Waals surface area contributed by atoms with Gasteiger partial charge in [0, 0.05) is 58.0 Å². The number of nitrogens with one attached hydrogen (secondary N) is 1. The smallest absolute Gasteiger partial charge is 0.255 e. The quantitative estimate of drug-likeness (QED) is 0.811. The molecule has 0 saturated carbocycles. The number of fused-ring (bicyclic) bond motifs is 1. The number of amides is 1. The van der Waals surface area contributed by atoms with E-state index < -0.39 is 0 Å².